The lowest BCUT2D eigenvalue weighted by atomic mass is 10.1. The van der Waals surface area contributed by atoms with E-state index in [0.717, 1.165) is 12.1 Å². The fourth-order valence-corrected chi connectivity index (χ4v) is 7.63. The smallest absolute Gasteiger partial charge is 0.354 e. The van der Waals surface area contributed by atoms with Crippen LogP contribution in [-0.2, 0) is 54.9 Å². The standard InChI is InChI=1S/C58H44N6O20S/c65-51(66)27-63(25-43-13-36(19-49(61-43)57(77)78)3-5-38-15-45(81-29-53(69)70)21-46(16-38)82-30-54(71)72)23-41-11-35(2-1-34-7-9-40(10-8-34)59-33-85)12-42(60-41)24-64(28-52(67)68)26-44-14-37(20-50(62-44)58(79)80)4-6-39-17-47(83-31-55(73)74)22-48(18-39)84-32-56(75)76/h7-22H,23-32H2,(H,65,66)(H,67,68)(H,69,70)(H,71,72)(H,73,74)(H,75,76)(H,77,78)(H,79,80). The van der Waals surface area contributed by atoms with E-state index < -0.39 is 98.7 Å². The predicted octanol–water partition coefficient (Wildman–Crippen LogP) is 4.23. The number of hydrogen-bond donors (Lipinski definition) is 8. The molecule has 432 valence electrons. The summed E-state index contributed by atoms with van der Waals surface area (Å²) in [4.78, 5) is 114. The van der Waals surface area contributed by atoms with Crippen molar-refractivity contribution in [3.63, 3.8) is 0 Å². The van der Waals surface area contributed by atoms with E-state index in [0.29, 0.717) is 16.8 Å². The second-order valence-electron chi connectivity index (χ2n) is 17.6. The molecule has 0 aliphatic heterocycles. The Balaban J connectivity index is 1.36. The minimum Gasteiger partial charge on any atom is -0.482 e. The van der Waals surface area contributed by atoms with Gasteiger partial charge in [-0.2, -0.15) is 4.99 Å². The average Bonchev–Trinajstić information content (AvgIpc) is 3.60. The third-order valence-corrected chi connectivity index (χ3v) is 10.8. The average molecular weight is 1180 g/mol. The van der Waals surface area contributed by atoms with Gasteiger partial charge in [0.05, 0.1) is 46.7 Å². The van der Waals surface area contributed by atoms with E-state index in [1.165, 1.54) is 58.3 Å². The number of aliphatic carboxylic acids is 6. The van der Waals surface area contributed by atoms with Crippen molar-refractivity contribution in [1.29, 1.82) is 0 Å². The fourth-order valence-electron chi connectivity index (χ4n) is 7.53. The van der Waals surface area contributed by atoms with Gasteiger partial charge >= 0.3 is 47.8 Å². The first kappa shape index (κ1) is 62.7. The van der Waals surface area contributed by atoms with Crippen LogP contribution < -0.4 is 18.9 Å². The number of pyridine rings is 3. The highest BCUT2D eigenvalue weighted by atomic mass is 32.1. The third-order valence-electron chi connectivity index (χ3n) is 10.7. The molecule has 8 N–H and O–H groups in total. The van der Waals surface area contributed by atoms with Crippen molar-refractivity contribution < 1.29 is 98.2 Å². The zero-order valence-electron chi connectivity index (χ0n) is 43.9. The first-order valence-corrected chi connectivity index (χ1v) is 24.7. The number of carboxylic acid groups (broad SMARTS) is 8. The SMILES string of the molecule is O=C(O)COc1cc(C#Cc2cc(CN(CC(=O)O)Cc3cc(C#Cc4ccc(N=C=S)cc4)cc(CN(CC(=O)O)Cc4cc(C#Cc5cc(OCC(=O)O)cc(OCC(=O)O)c5)cc(C(=O)O)n4)n3)nc(C(=O)O)c2)cc(OCC(=O)O)c1. The summed E-state index contributed by atoms with van der Waals surface area (Å²) in [6.45, 7) is -5.48. The van der Waals surface area contributed by atoms with E-state index in [4.69, 9.17) is 56.6 Å². The molecule has 0 unspecified atom stereocenters. The summed E-state index contributed by atoms with van der Waals surface area (Å²) in [5.74, 6) is 6.30. The molecule has 85 heavy (non-hydrogen) atoms. The van der Waals surface area contributed by atoms with Crippen molar-refractivity contribution in [2.75, 3.05) is 39.5 Å². The number of hydrogen-bond acceptors (Lipinski definition) is 19. The first-order chi connectivity index (χ1) is 40.5. The number of rotatable bonds is 27. The van der Waals surface area contributed by atoms with Crippen LogP contribution in [0.25, 0.3) is 0 Å². The normalized spacial score (nSPS) is 10.3. The summed E-state index contributed by atoms with van der Waals surface area (Å²) in [5, 5.41) is 79.1. The van der Waals surface area contributed by atoms with E-state index in [-0.39, 0.29) is 94.2 Å². The highest BCUT2D eigenvalue weighted by molar-refractivity contribution is 7.78. The van der Waals surface area contributed by atoms with E-state index in [9.17, 15) is 58.8 Å². The highest BCUT2D eigenvalue weighted by Gasteiger charge is 2.20. The second-order valence-corrected chi connectivity index (χ2v) is 17.8. The summed E-state index contributed by atoms with van der Waals surface area (Å²) in [5.41, 5.74) is 1.32. The van der Waals surface area contributed by atoms with Gasteiger partial charge in [-0.05, 0) is 97.1 Å². The van der Waals surface area contributed by atoms with Gasteiger partial charge in [0, 0.05) is 71.7 Å². The lowest BCUT2D eigenvalue weighted by Gasteiger charge is -2.22. The molecule has 0 radical (unpaired) electrons. The maximum atomic E-state index is 12.4. The Hall–Kier alpha value is -11.5. The number of thiocarbonyl (C=S) groups is 1. The molecule has 3 aromatic heterocycles. The van der Waals surface area contributed by atoms with Crippen molar-refractivity contribution in [3.8, 4) is 58.5 Å². The van der Waals surface area contributed by atoms with Crippen LogP contribution in [0.15, 0.2) is 102 Å². The molecular weight excluding hydrogens is 1130 g/mol. The molecule has 0 atom stereocenters. The van der Waals surface area contributed by atoms with Gasteiger partial charge in [0.2, 0.25) is 0 Å². The summed E-state index contributed by atoms with van der Waals surface area (Å²) in [6.07, 6.45) is 0. The fraction of sp³-hybridized carbons (Fsp3) is 0.172. The van der Waals surface area contributed by atoms with E-state index in [2.05, 4.69) is 55.6 Å². The topological polar surface area (TPSA) is 393 Å². The van der Waals surface area contributed by atoms with Crippen LogP contribution in [0.4, 0.5) is 5.69 Å². The van der Waals surface area contributed by atoms with Crippen LogP contribution in [0.2, 0.25) is 0 Å². The summed E-state index contributed by atoms with van der Waals surface area (Å²) in [7, 11) is 0. The van der Waals surface area contributed by atoms with Gasteiger partial charge < -0.3 is 59.8 Å². The lowest BCUT2D eigenvalue weighted by molar-refractivity contribution is -0.140. The van der Waals surface area contributed by atoms with E-state index in [1.54, 1.807) is 36.4 Å². The van der Waals surface area contributed by atoms with Crippen molar-refractivity contribution in [1.82, 2.24) is 24.8 Å². The number of nitrogens with zero attached hydrogens (tertiary/aromatic N) is 6. The highest BCUT2D eigenvalue weighted by Crippen LogP contribution is 2.25. The number of aliphatic imine (C=N–C) groups is 1. The Kier molecular flexibility index (Phi) is 22.4. The molecule has 0 fully saturated rings. The number of carbonyl (C=O) groups is 8. The molecule has 3 aromatic carbocycles. The van der Waals surface area contributed by atoms with Crippen molar-refractivity contribution >= 4 is 70.8 Å². The summed E-state index contributed by atoms with van der Waals surface area (Å²) in [6, 6.07) is 22.7. The monoisotopic (exact) mass is 1180 g/mol. The van der Waals surface area contributed by atoms with Gasteiger partial charge in [-0.1, -0.05) is 35.5 Å². The molecule has 0 aliphatic carbocycles. The molecule has 3 heterocycles. The number of ether oxygens (including phenoxy) is 4. The third kappa shape index (κ3) is 21.8. The first-order valence-electron chi connectivity index (χ1n) is 24.3. The van der Waals surface area contributed by atoms with Crippen molar-refractivity contribution in [2.24, 2.45) is 4.99 Å². The molecule has 27 heteroatoms. The maximum Gasteiger partial charge on any atom is 0.354 e. The lowest BCUT2D eigenvalue weighted by Crippen LogP contribution is -2.31. The Labute approximate surface area is 485 Å². The van der Waals surface area contributed by atoms with Crippen molar-refractivity contribution in [3.05, 3.63) is 165 Å². The van der Waals surface area contributed by atoms with Crippen molar-refractivity contribution in [2.45, 2.75) is 26.2 Å². The molecule has 0 saturated carbocycles. The van der Waals surface area contributed by atoms with Gasteiger partial charge in [0.1, 0.15) is 34.4 Å². The van der Waals surface area contributed by atoms with Crippen LogP contribution in [0.5, 0.6) is 23.0 Å². The number of isothiocyanates is 1. The molecule has 6 aromatic rings. The molecule has 6 rings (SSSR count). The summed E-state index contributed by atoms with van der Waals surface area (Å²) < 4.78 is 21.0. The van der Waals surface area contributed by atoms with E-state index >= 15 is 0 Å². The maximum absolute atomic E-state index is 12.4. The zero-order valence-corrected chi connectivity index (χ0v) is 44.7. The molecular formula is C58H44N6O20S. The predicted molar refractivity (Wildman–Crippen MR) is 295 cm³/mol. The minimum absolute atomic E-state index is 0.0348. The Bertz CT molecular complexity index is 3570. The number of carboxylic acids is 8. The molecule has 0 saturated heterocycles. The van der Waals surface area contributed by atoms with Gasteiger partial charge in [-0.15, -0.1) is 0 Å². The van der Waals surface area contributed by atoms with Crippen LogP contribution in [-0.4, -0.2) is 158 Å². The number of benzene rings is 3. The largest absolute Gasteiger partial charge is 0.482 e. The van der Waals surface area contributed by atoms with Crippen LogP contribution in [0.3, 0.4) is 0 Å². The number of aromatic nitrogens is 3. The summed E-state index contributed by atoms with van der Waals surface area (Å²) >= 11 is 4.69. The minimum atomic E-state index is -1.46. The quantitative estimate of drug-likeness (QED) is 0.0203. The van der Waals surface area contributed by atoms with Crippen LogP contribution >= 0.6 is 12.2 Å². The molecule has 0 aliphatic rings. The molecule has 0 spiro atoms. The van der Waals surface area contributed by atoms with Gasteiger partial charge in [0.25, 0.3) is 0 Å². The number of aromatic carboxylic acids is 2. The molecule has 26 nitrogen and oxygen atoms in total. The van der Waals surface area contributed by atoms with Gasteiger partial charge in [-0.3, -0.25) is 24.4 Å². The van der Waals surface area contributed by atoms with Crippen LogP contribution in [0, 0.1) is 35.5 Å². The van der Waals surface area contributed by atoms with Gasteiger partial charge in [0.15, 0.2) is 26.4 Å². The van der Waals surface area contributed by atoms with Crippen LogP contribution in [0.1, 0.15) is 77.1 Å². The molecule has 0 amide bonds. The Morgan fingerprint density at radius 1 is 0.388 bits per heavy atom. The van der Waals surface area contributed by atoms with Gasteiger partial charge in [-0.25, -0.2) is 38.7 Å². The Morgan fingerprint density at radius 2 is 0.682 bits per heavy atom. The second kappa shape index (κ2) is 30.3. The molecule has 0 bridgehead atoms. The Morgan fingerprint density at radius 3 is 0.976 bits per heavy atom. The zero-order chi connectivity index (χ0) is 61.6. The van der Waals surface area contributed by atoms with E-state index in [1.807, 2.05) is 0 Å².